The van der Waals surface area contributed by atoms with Crippen LogP contribution in [0, 0.1) is 13.8 Å². The van der Waals surface area contributed by atoms with Crippen LogP contribution in [0.2, 0.25) is 0 Å². The van der Waals surface area contributed by atoms with E-state index in [1.54, 1.807) is 6.07 Å². The predicted octanol–water partition coefficient (Wildman–Crippen LogP) is 6.43. The van der Waals surface area contributed by atoms with E-state index in [9.17, 15) is 9.90 Å². The molecule has 4 aromatic carbocycles. The van der Waals surface area contributed by atoms with Crippen molar-refractivity contribution in [1.82, 2.24) is 9.88 Å². The summed E-state index contributed by atoms with van der Waals surface area (Å²) >= 11 is 0. The Morgan fingerprint density at radius 2 is 1.49 bits per heavy atom. The molecule has 5 nitrogen and oxygen atoms in total. The van der Waals surface area contributed by atoms with Gasteiger partial charge in [0.25, 0.3) is 0 Å². The summed E-state index contributed by atoms with van der Waals surface area (Å²) < 4.78 is 6.13. The monoisotopic (exact) mass is 544 g/mol. The molecule has 0 bridgehead atoms. The third-order valence-electron chi connectivity index (χ3n) is 8.37. The lowest BCUT2D eigenvalue weighted by molar-refractivity contribution is 0.0844. The van der Waals surface area contributed by atoms with Crippen molar-refractivity contribution < 1.29 is 9.84 Å². The maximum Gasteiger partial charge on any atom is 0.248 e. The van der Waals surface area contributed by atoms with Gasteiger partial charge in [-0.2, -0.15) is 0 Å². The summed E-state index contributed by atoms with van der Waals surface area (Å²) in [5.74, 6) is 0.593. The highest BCUT2D eigenvalue weighted by Gasteiger charge is 2.29. The number of H-pyrrole nitrogens is 1. The fourth-order valence-corrected chi connectivity index (χ4v) is 6.03. The number of fused-ring (bicyclic) bond motifs is 2. The number of hydrogen-bond donors (Lipinski definition) is 2. The number of hydrogen-bond acceptors (Lipinski definition) is 4. The van der Waals surface area contributed by atoms with Gasteiger partial charge in [0.05, 0.1) is 11.6 Å². The van der Waals surface area contributed by atoms with Crippen LogP contribution < -0.4 is 10.3 Å². The Morgan fingerprint density at radius 1 is 0.854 bits per heavy atom. The molecule has 0 saturated heterocycles. The number of ether oxygens (including phenoxy) is 1. The average molecular weight is 545 g/mol. The molecular weight excluding hydrogens is 508 g/mol. The number of nitrogens with zero attached hydrogens (tertiary/aromatic N) is 1. The molecular formula is C36H36N2O3. The minimum absolute atomic E-state index is 0.200. The molecule has 6 rings (SSSR count). The molecule has 0 radical (unpaired) electrons. The van der Waals surface area contributed by atoms with Gasteiger partial charge in [-0.15, -0.1) is 0 Å². The molecule has 0 spiro atoms. The number of nitrogens with one attached hydrogen (secondary N) is 1. The fraction of sp³-hybridized carbons (Fsp3) is 0.250. The minimum atomic E-state index is -0.748. The summed E-state index contributed by atoms with van der Waals surface area (Å²) in [5.41, 5.74) is 8.94. The van der Waals surface area contributed by atoms with Crippen LogP contribution in [0.5, 0.6) is 5.75 Å². The molecule has 0 saturated carbocycles. The molecule has 0 fully saturated rings. The SMILES string of the molecule is Cc1cc2c(cc1C)CC(N(Cc1ccccc1)CC(O)c1ccc(OCc3ccccc3)c3[nH]c(=O)ccc13)C2. The van der Waals surface area contributed by atoms with Gasteiger partial charge in [0.1, 0.15) is 12.4 Å². The Bertz CT molecular complexity index is 1680. The van der Waals surface area contributed by atoms with E-state index in [1.807, 2.05) is 48.5 Å². The molecule has 1 aliphatic rings. The van der Waals surface area contributed by atoms with Crippen LogP contribution in [-0.4, -0.2) is 27.6 Å². The highest BCUT2D eigenvalue weighted by Crippen LogP contribution is 2.33. The predicted molar refractivity (Wildman–Crippen MR) is 164 cm³/mol. The van der Waals surface area contributed by atoms with E-state index < -0.39 is 6.10 Å². The first-order chi connectivity index (χ1) is 19.9. The van der Waals surface area contributed by atoms with Gasteiger partial charge in [-0.25, -0.2) is 0 Å². The van der Waals surface area contributed by atoms with E-state index in [1.165, 1.54) is 33.9 Å². The van der Waals surface area contributed by atoms with Gasteiger partial charge < -0.3 is 14.8 Å². The largest absolute Gasteiger partial charge is 0.487 e. The molecule has 1 aromatic heterocycles. The van der Waals surface area contributed by atoms with Gasteiger partial charge in [0.15, 0.2) is 0 Å². The van der Waals surface area contributed by atoms with Crippen LogP contribution in [0.25, 0.3) is 10.9 Å². The van der Waals surface area contributed by atoms with E-state index in [2.05, 4.69) is 60.1 Å². The summed E-state index contributed by atoms with van der Waals surface area (Å²) in [6, 6.07) is 32.5. The number of pyridine rings is 1. The summed E-state index contributed by atoms with van der Waals surface area (Å²) in [7, 11) is 0. The zero-order chi connectivity index (χ0) is 28.3. The Balaban J connectivity index is 1.29. The Hall–Kier alpha value is -4.19. The van der Waals surface area contributed by atoms with Crippen molar-refractivity contribution in [3.63, 3.8) is 0 Å². The number of aliphatic hydroxyl groups is 1. The first kappa shape index (κ1) is 27.0. The Morgan fingerprint density at radius 3 is 2.15 bits per heavy atom. The Labute approximate surface area is 241 Å². The summed E-state index contributed by atoms with van der Waals surface area (Å²) in [6.45, 7) is 5.97. The highest BCUT2D eigenvalue weighted by molar-refractivity contribution is 5.87. The van der Waals surface area contributed by atoms with Gasteiger partial charge >= 0.3 is 0 Å². The quantitative estimate of drug-likeness (QED) is 0.225. The molecule has 208 valence electrons. The summed E-state index contributed by atoms with van der Waals surface area (Å²) in [6.07, 6.45) is 1.19. The molecule has 41 heavy (non-hydrogen) atoms. The molecule has 2 N–H and O–H groups in total. The van der Waals surface area contributed by atoms with E-state index in [0.29, 0.717) is 30.5 Å². The Kier molecular flexibility index (Phi) is 7.73. The van der Waals surface area contributed by atoms with Crippen molar-refractivity contribution in [2.45, 2.75) is 52.0 Å². The van der Waals surface area contributed by atoms with Crippen molar-refractivity contribution >= 4 is 10.9 Å². The number of rotatable bonds is 9. The standard InChI is InChI=1S/C36H36N2O3/c1-24-17-28-19-30(20-29(28)18-25(24)2)38(21-26-9-5-3-6-10-26)22-33(39)31-13-15-34(36-32(31)14-16-35(40)37-36)41-23-27-11-7-4-8-12-27/h3-18,30,33,39H,19-23H2,1-2H3,(H,37,40). The number of benzene rings is 4. The third kappa shape index (κ3) is 5.97. The van der Waals surface area contributed by atoms with Crippen molar-refractivity contribution in [1.29, 1.82) is 0 Å². The van der Waals surface area contributed by atoms with Gasteiger partial charge in [-0.3, -0.25) is 9.69 Å². The molecule has 0 aliphatic heterocycles. The first-order valence-corrected chi connectivity index (χ1v) is 14.3. The van der Waals surface area contributed by atoms with E-state index >= 15 is 0 Å². The van der Waals surface area contributed by atoms with Crippen molar-refractivity contribution in [3.8, 4) is 5.75 Å². The summed E-state index contributed by atoms with van der Waals surface area (Å²) in [5, 5.41) is 12.5. The zero-order valence-electron chi connectivity index (χ0n) is 23.6. The van der Waals surface area contributed by atoms with Gasteiger partial charge in [-0.05, 0) is 77.8 Å². The second kappa shape index (κ2) is 11.7. The van der Waals surface area contributed by atoms with Crippen LogP contribution in [0.3, 0.4) is 0 Å². The van der Waals surface area contributed by atoms with Crippen molar-refractivity contribution in [3.05, 3.63) is 146 Å². The smallest absolute Gasteiger partial charge is 0.248 e. The lowest BCUT2D eigenvalue weighted by Gasteiger charge is -2.31. The first-order valence-electron chi connectivity index (χ1n) is 14.3. The zero-order valence-corrected chi connectivity index (χ0v) is 23.6. The molecule has 5 heteroatoms. The molecule has 1 atom stereocenters. The van der Waals surface area contributed by atoms with Crippen LogP contribution in [0.4, 0.5) is 0 Å². The second-order valence-electron chi connectivity index (χ2n) is 11.2. The normalized spacial score (nSPS) is 14.0. The topological polar surface area (TPSA) is 65.6 Å². The molecule has 1 aliphatic carbocycles. The maximum absolute atomic E-state index is 12.3. The van der Waals surface area contributed by atoms with Gasteiger partial charge in [0.2, 0.25) is 5.56 Å². The highest BCUT2D eigenvalue weighted by atomic mass is 16.5. The number of aromatic amines is 1. The molecule has 1 heterocycles. The fourth-order valence-electron chi connectivity index (χ4n) is 6.03. The number of aromatic nitrogens is 1. The van der Waals surface area contributed by atoms with E-state index in [0.717, 1.165) is 35.9 Å². The van der Waals surface area contributed by atoms with Crippen LogP contribution in [-0.2, 0) is 26.0 Å². The molecule has 0 amide bonds. The third-order valence-corrected chi connectivity index (χ3v) is 8.37. The number of aliphatic hydroxyl groups excluding tert-OH is 1. The lowest BCUT2D eigenvalue weighted by Crippen LogP contribution is -2.38. The van der Waals surface area contributed by atoms with E-state index in [4.69, 9.17) is 4.74 Å². The number of aryl methyl sites for hydroxylation is 2. The maximum atomic E-state index is 12.3. The molecule has 1 unspecified atom stereocenters. The average Bonchev–Trinajstić information content (AvgIpc) is 3.39. The van der Waals surface area contributed by atoms with E-state index in [-0.39, 0.29) is 5.56 Å². The van der Waals surface area contributed by atoms with Crippen LogP contribution >= 0.6 is 0 Å². The van der Waals surface area contributed by atoms with Crippen molar-refractivity contribution in [2.75, 3.05) is 6.54 Å². The second-order valence-corrected chi connectivity index (χ2v) is 11.2. The van der Waals surface area contributed by atoms with Gasteiger partial charge in [0, 0.05) is 30.6 Å². The van der Waals surface area contributed by atoms with Crippen molar-refractivity contribution in [2.24, 2.45) is 0 Å². The molecule has 5 aromatic rings. The van der Waals surface area contributed by atoms with Gasteiger partial charge in [-0.1, -0.05) is 78.9 Å². The minimum Gasteiger partial charge on any atom is -0.487 e. The summed E-state index contributed by atoms with van der Waals surface area (Å²) in [4.78, 5) is 17.7. The van der Waals surface area contributed by atoms with Crippen LogP contribution in [0.15, 0.2) is 102 Å². The van der Waals surface area contributed by atoms with Crippen LogP contribution in [0.1, 0.15) is 45.0 Å². The lowest BCUT2D eigenvalue weighted by atomic mass is 10.0.